The van der Waals surface area contributed by atoms with Crippen molar-refractivity contribution in [3.63, 3.8) is 0 Å². The predicted molar refractivity (Wildman–Crippen MR) is 75.6 cm³/mol. The summed E-state index contributed by atoms with van der Waals surface area (Å²) < 4.78 is 5.19. The third-order valence-corrected chi connectivity index (χ3v) is 3.44. The fourth-order valence-electron chi connectivity index (χ4n) is 2.52. The fraction of sp³-hybridized carbons (Fsp3) is 0.857. The number of carboxylic acid groups (broad SMARTS) is 1. The molecule has 1 rings (SSSR count). The Balaban J connectivity index is 2.48. The van der Waals surface area contributed by atoms with Crippen LogP contribution < -0.4 is 5.32 Å². The zero-order chi connectivity index (χ0) is 15.3. The Morgan fingerprint density at radius 3 is 2.55 bits per heavy atom. The third kappa shape index (κ3) is 6.23. The molecule has 0 aromatic carbocycles. The summed E-state index contributed by atoms with van der Waals surface area (Å²) in [5, 5.41) is 11.7. The van der Waals surface area contributed by atoms with Crippen molar-refractivity contribution in [3.05, 3.63) is 0 Å². The average molecular weight is 286 g/mol. The number of ether oxygens (including phenoxy) is 1. The largest absolute Gasteiger partial charge is 0.481 e. The third-order valence-electron chi connectivity index (χ3n) is 3.44. The van der Waals surface area contributed by atoms with Gasteiger partial charge in [0.15, 0.2) is 0 Å². The molecule has 6 nitrogen and oxygen atoms in total. The predicted octanol–water partition coefficient (Wildman–Crippen LogP) is 1.55. The van der Waals surface area contributed by atoms with E-state index >= 15 is 0 Å². The highest BCUT2D eigenvalue weighted by Crippen LogP contribution is 2.25. The van der Waals surface area contributed by atoms with Gasteiger partial charge in [-0.2, -0.15) is 0 Å². The van der Waals surface area contributed by atoms with E-state index in [4.69, 9.17) is 9.84 Å². The monoisotopic (exact) mass is 286 g/mol. The van der Waals surface area contributed by atoms with E-state index in [1.54, 1.807) is 0 Å². The minimum Gasteiger partial charge on any atom is -0.481 e. The van der Waals surface area contributed by atoms with Gasteiger partial charge in [0, 0.05) is 19.5 Å². The number of nitrogens with zero attached hydrogens (tertiary/aromatic N) is 1. The summed E-state index contributed by atoms with van der Waals surface area (Å²) in [7, 11) is 2.01. The Morgan fingerprint density at radius 1 is 1.35 bits per heavy atom. The molecule has 0 aromatic heterocycles. The van der Waals surface area contributed by atoms with Crippen molar-refractivity contribution >= 4 is 12.1 Å². The highest BCUT2D eigenvalue weighted by atomic mass is 16.6. The Kier molecular flexibility index (Phi) is 5.80. The Hall–Kier alpha value is -1.30. The molecule has 0 spiro atoms. The maximum Gasteiger partial charge on any atom is 0.407 e. The van der Waals surface area contributed by atoms with Gasteiger partial charge < -0.3 is 20.1 Å². The Bertz CT molecular complexity index is 352. The van der Waals surface area contributed by atoms with Crippen LogP contribution in [0.5, 0.6) is 0 Å². The van der Waals surface area contributed by atoms with Crippen LogP contribution in [0.3, 0.4) is 0 Å². The van der Waals surface area contributed by atoms with Crippen LogP contribution in [0.1, 0.15) is 33.6 Å². The molecule has 0 bridgehead atoms. The first kappa shape index (κ1) is 16.8. The minimum atomic E-state index is -0.776. The van der Waals surface area contributed by atoms with Crippen LogP contribution in [0, 0.1) is 11.8 Å². The molecule has 0 aliphatic carbocycles. The number of alkyl carbamates (subject to hydrolysis) is 1. The van der Waals surface area contributed by atoms with Crippen LogP contribution in [0.4, 0.5) is 4.79 Å². The van der Waals surface area contributed by atoms with Crippen LogP contribution in [0.2, 0.25) is 0 Å². The molecule has 1 saturated heterocycles. The van der Waals surface area contributed by atoms with Gasteiger partial charge in [-0.15, -0.1) is 0 Å². The number of piperidine rings is 1. The standard InChI is InChI=1S/C14H26N2O4/c1-14(2,3)20-13(19)15-8-11-9-16(4)6-5-10(11)7-12(17)18/h10-11H,5-9H2,1-4H3,(H,15,19)(H,17,18)/t10-,11+/m0/s1. The first-order valence-electron chi connectivity index (χ1n) is 7.04. The summed E-state index contributed by atoms with van der Waals surface area (Å²) in [5.74, 6) is -0.516. The first-order chi connectivity index (χ1) is 9.17. The van der Waals surface area contributed by atoms with Gasteiger partial charge >= 0.3 is 12.1 Å². The zero-order valence-corrected chi connectivity index (χ0v) is 12.8. The lowest BCUT2D eigenvalue weighted by atomic mass is 9.83. The molecule has 20 heavy (non-hydrogen) atoms. The first-order valence-corrected chi connectivity index (χ1v) is 7.04. The van der Waals surface area contributed by atoms with Gasteiger partial charge in [-0.3, -0.25) is 4.79 Å². The van der Waals surface area contributed by atoms with Crippen molar-refractivity contribution in [1.29, 1.82) is 0 Å². The highest BCUT2D eigenvalue weighted by Gasteiger charge is 2.30. The number of nitrogens with one attached hydrogen (secondary N) is 1. The molecule has 1 fully saturated rings. The quantitative estimate of drug-likeness (QED) is 0.820. The number of rotatable bonds is 4. The van der Waals surface area contributed by atoms with E-state index < -0.39 is 17.7 Å². The molecule has 2 N–H and O–H groups in total. The highest BCUT2D eigenvalue weighted by molar-refractivity contribution is 5.68. The molecule has 1 aliphatic heterocycles. The second kappa shape index (κ2) is 6.92. The number of hydrogen-bond donors (Lipinski definition) is 2. The van der Waals surface area contributed by atoms with Crippen molar-refractivity contribution in [2.24, 2.45) is 11.8 Å². The fourth-order valence-corrected chi connectivity index (χ4v) is 2.52. The maximum absolute atomic E-state index is 11.6. The van der Waals surface area contributed by atoms with Gasteiger partial charge in [0.2, 0.25) is 0 Å². The molecule has 2 atom stereocenters. The molecular formula is C14H26N2O4. The minimum absolute atomic E-state index is 0.110. The number of aliphatic carboxylic acids is 1. The van der Waals surface area contributed by atoms with E-state index in [2.05, 4.69) is 10.2 Å². The molecule has 0 radical (unpaired) electrons. The molecule has 6 heteroatoms. The smallest absolute Gasteiger partial charge is 0.407 e. The molecule has 0 saturated carbocycles. The van der Waals surface area contributed by atoms with Gasteiger partial charge in [0.05, 0.1) is 0 Å². The van der Waals surface area contributed by atoms with E-state index in [1.807, 2.05) is 27.8 Å². The summed E-state index contributed by atoms with van der Waals surface area (Å²) in [6.45, 7) is 7.60. The molecule has 1 amide bonds. The van der Waals surface area contributed by atoms with Gasteiger partial charge in [-0.25, -0.2) is 4.79 Å². The summed E-state index contributed by atoms with van der Waals surface area (Å²) in [6.07, 6.45) is 0.567. The number of likely N-dealkylation sites (tertiary alicyclic amines) is 1. The SMILES string of the molecule is CN1CC[C@@H](CC(=O)O)[C@H](CNC(=O)OC(C)(C)C)C1. The number of hydrogen-bond acceptors (Lipinski definition) is 4. The van der Waals surface area contributed by atoms with E-state index in [1.165, 1.54) is 0 Å². The van der Waals surface area contributed by atoms with E-state index in [0.29, 0.717) is 6.54 Å². The van der Waals surface area contributed by atoms with E-state index in [-0.39, 0.29) is 18.3 Å². The van der Waals surface area contributed by atoms with Gasteiger partial charge in [-0.1, -0.05) is 0 Å². The number of amides is 1. The van der Waals surface area contributed by atoms with Crippen molar-refractivity contribution in [3.8, 4) is 0 Å². The van der Waals surface area contributed by atoms with Crippen molar-refractivity contribution in [1.82, 2.24) is 10.2 Å². The second-order valence-corrected chi connectivity index (χ2v) is 6.55. The van der Waals surface area contributed by atoms with E-state index in [9.17, 15) is 9.59 Å². The lowest BCUT2D eigenvalue weighted by Gasteiger charge is -2.36. The summed E-state index contributed by atoms with van der Waals surface area (Å²) >= 11 is 0. The van der Waals surface area contributed by atoms with Crippen LogP contribution in [0.25, 0.3) is 0 Å². The maximum atomic E-state index is 11.6. The van der Waals surface area contributed by atoms with Crippen LogP contribution in [-0.4, -0.2) is 54.4 Å². The Labute approximate surface area is 120 Å². The second-order valence-electron chi connectivity index (χ2n) is 6.55. The molecule has 0 aromatic rings. The lowest BCUT2D eigenvalue weighted by molar-refractivity contribution is -0.139. The summed E-state index contributed by atoms with van der Waals surface area (Å²) in [6, 6.07) is 0. The van der Waals surface area contributed by atoms with Crippen molar-refractivity contribution in [2.45, 2.75) is 39.2 Å². The summed E-state index contributed by atoms with van der Waals surface area (Å²) in [5.41, 5.74) is -0.520. The number of carbonyl (C=O) groups excluding carboxylic acids is 1. The van der Waals surface area contributed by atoms with E-state index in [0.717, 1.165) is 19.5 Å². The number of carbonyl (C=O) groups is 2. The van der Waals surface area contributed by atoms with Crippen LogP contribution in [0.15, 0.2) is 0 Å². The zero-order valence-electron chi connectivity index (χ0n) is 12.8. The average Bonchev–Trinajstić information content (AvgIpc) is 2.26. The normalized spacial score (nSPS) is 24.2. The van der Waals surface area contributed by atoms with Crippen molar-refractivity contribution < 1.29 is 19.4 Å². The van der Waals surface area contributed by atoms with Gasteiger partial charge in [-0.05, 0) is 52.6 Å². The molecule has 0 unspecified atom stereocenters. The molecule has 116 valence electrons. The Morgan fingerprint density at radius 2 is 2.00 bits per heavy atom. The van der Waals surface area contributed by atoms with Crippen LogP contribution >= 0.6 is 0 Å². The molecule has 1 aliphatic rings. The van der Waals surface area contributed by atoms with Crippen molar-refractivity contribution in [2.75, 3.05) is 26.7 Å². The number of carboxylic acids is 1. The van der Waals surface area contributed by atoms with Gasteiger partial charge in [0.1, 0.15) is 5.60 Å². The van der Waals surface area contributed by atoms with Crippen LogP contribution in [-0.2, 0) is 9.53 Å². The molecular weight excluding hydrogens is 260 g/mol. The molecule has 1 heterocycles. The summed E-state index contributed by atoms with van der Waals surface area (Å²) in [4.78, 5) is 24.7. The topological polar surface area (TPSA) is 78.9 Å². The lowest BCUT2D eigenvalue weighted by Crippen LogP contribution is -2.45. The van der Waals surface area contributed by atoms with Gasteiger partial charge in [0.25, 0.3) is 0 Å².